The largest absolute Gasteiger partial charge is 0.348 e. The van der Waals surface area contributed by atoms with Gasteiger partial charge < -0.3 is 10.3 Å². The third-order valence-corrected chi connectivity index (χ3v) is 8.96. The average Bonchev–Trinajstić information content (AvgIpc) is 3.58. The summed E-state index contributed by atoms with van der Waals surface area (Å²) in [4.78, 5) is 29.8. The zero-order valence-corrected chi connectivity index (χ0v) is 21.5. The number of aromatic amines is 1. The van der Waals surface area contributed by atoms with Gasteiger partial charge in [0, 0.05) is 29.0 Å². The molecule has 2 fully saturated rings. The van der Waals surface area contributed by atoms with Crippen LogP contribution in [0, 0.1) is 23.6 Å². The number of terminal acetylenes is 1. The highest BCUT2D eigenvalue weighted by molar-refractivity contribution is 7.90. The number of carbonyl (C=O) groups is 2. The lowest BCUT2D eigenvalue weighted by Gasteiger charge is -2.37. The second-order valence-electron chi connectivity index (χ2n) is 10.5. The predicted molar refractivity (Wildman–Crippen MR) is 140 cm³/mol. The van der Waals surface area contributed by atoms with E-state index in [1.165, 1.54) is 12.1 Å². The van der Waals surface area contributed by atoms with Gasteiger partial charge in [-0.3, -0.25) is 9.59 Å². The van der Waals surface area contributed by atoms with Gasteiger partial charge in [0.15, 0.2) is 21.4 Å². The molecule has 0 aliphatic heterocycles. The predicted octanol–water partition coefficient (Wildman–Crippen LogP) is 5.18. The minimum absolute atomic E-state index is 0.0626. The summed E-state index contributed by atoms with van der Waals surface area (Å²) in [5, 5.41) is 3.17. The maximum atomic E-state index is 15.3. The molecule has 2 saturated carbocycles. The van der Waals surface area contributed by atoms with Crippen LogP contribution in [0.1, 0.15) is 61.9 Å². The third kappa shape index (κ3) is 4.80. The number of fused-ring (bicyclic) bond motifs is 1. The van der Waals surface area contributed by atoms with Crippen LogP contribution in [0.3, 0.4) is 0 Å². The Hall–Kier alpha value is -3.44. The molecule has 1 amide bonds. The number of carbonyl (C=O) groups excluding carboxylic acids is 2. The number of Topliss-reactive ketones (excluding diaryl/α,β-unsaturated/α-hetero) is 1. The standard InChI is InChI=1S/C29H29FN2O4S/c1-3-28(15-16-28)18-24(33)29(13-5-4-6-14-29)32-27(34)26-25(30)22-12-9-20(17-23(22)31-26)19-7-10-21(11-8-19)37(2,35)36/h1,7-12,17,31H,4-6,13-16,18H2,2H3,(H,32,34). The first kappa shape index (κ1) is 25.2. The molecular weight excluding hydrogens is 491 g/mol. The van der Waals surface area contributed by atoms with Gasteiger partial charge in [-0.05, 0) is 61.1 Å². The number of halogens is 1. The van der Waals surface area contributed by atoms with Gasteiger partial charge in [0.1, 0.15) is 5.69 Å². The van der Waals surface area contributed by atoms with Crippen LogP contribution in [0.25, 0.3) is 22.0 Å². The molecule has 1 aromatic heterocycles. The number of amides is 1. The fraction of sp³-hybridized carbons (Fsp3) is 0.379. The molecule has 0 radical (unpaired) electrons. The number of sulfone groups is 1. The average molecular weight is 521 g/mol. The molecule has 0 spiro atoms. The first-order valence-electron chi connectivity index (χ1n) is 12.5. The Kier molecular flexibility index (Phi) is 6.23. The summed E-state index contributed by atoms with van der Waals surface area (Å²) in [7, 11) is -3.31. The minimum atomic E-state index is -3.31. The van der Waals surface area contributed by atoms with E-state index >= 15 is 4.39 Å². The molecule has 6 nitrogen and oxygen atoms in total. The molecule has 5 rings (SSSR count). The Morgan fingerprint density at radius 2 is 1.68 bits per heavy atom. The van der Waals surface area contributed by atoms with E-state index in [-0.39, 0.29) is 28.2 Å². The molecule has 2 N–H and O–H groups in total. The molecule has 0 unspecified atom stereocenters. The van der Waals surface area contributed by atoms with Crippen LogP contribution in [-0.2, 0) is 14.6 Å². The van der Waals surface area contributed by atoms with Crippen molar-refractivity contribution in [2.45, 2.75) is 61.8 Å². The molecule has 0 bridgehead atoms. The highest BCUT2D eigenvalue weighted by atomic mass is 32.2. The van der Waals surface area contributed by atoms with E-state index in [1.54, 1.807) is 30.3 Å². The van der Waals surface area contributed by atoms with Crippen LogP contribution >= 0.6 is 0 Å². The Morgan fingerprint density at radius 3 is 2.27 bits per heavy atom. The first-order valence-corrected chi connectivity index (χ1v) is 14.4. The summed E-state index contributed by atoms with van der Waals surface area (Å²) in [5.41, 5.74) is 0.288. The Balaban J connectivity index is 1.42. The number of ketones is 1. The monoisotopic (exact) mass is 520 g/mol. The van der Waals surface area contributed by atoms with Crippen LogP contribution in [-0.4, -0.2) is 36.9 Å². The molecule has 2 aliphatic carbocycles. The Morgan fingerprint density at radius 1 is 1.03 bits per heavy atom. The lowest BCUT2D eigenvalue weighted by atomic mass is 9.75. The summed E-state index contributed by atoms with van der Waals surface area (Å²) in [5.74, 6) is 1.37. The highest BCUT2D eigenvalue weighted by Crippen LogP contribution is 2.49. The van der Waals surface area contributed by atoms with Gasteiger partial charge in [0.05, 0.1) is 10.4 Å². The highest BCUT2D eigenvalue weighted by Gasteiger charge is 2.49. The number of rotatable bonds is 7. The van der Waals surface area contributed by atoms with E-state index < -0.39 is 32.5 Å². The maximum absolute atomic E-state index is 15.3. The molecule has 192 valence electrons. The zero-order valence-electron chi connectivity index (χ0n) is 20.7. The number of hydrogen-bond donors (Lipinski definition) is 2. The number of nitrogens with one attached hydrogen (secondary N) is 2. The van der Waals surface area contributed by atoms with Crippen molar-refractivity contribution in [1.82, 2.24) is 10.3 Å². The van der Waals surface area contributed by atoms with Crippen molar-refractivity contribution in [3.05, 3.63) is 54.0 Å². The zero-order chi connectivity index (χ0) is 26.4. The van der Waals surface area contributed by atoms with Crippen LogP contribution in [0.5, 0.6) is 0 Å². The second-order valence-corrected chi connectivity index (χ2v) is 12.5. The summed E-state index contributed by atoms with van der Waals surface area (Å²) < 4.78 is 38.8. The van der Waals surface area contributed by atoms with Crippen molar-refractivity contribution in [2.75, 3.05) is 6.26 Å². The van der Waals surface area contributed by atoms with Gasteiger partial charge in [0.25, 0.3) is 5.91 Å². The van der Waals surface area contributed by atoms with E-state index in [2.05, 4.69) is 16.2 Å². The molecule has 1 heterocycles. The fourth-order valence-electron chi connectivity index (χ4n) is 5.30. The smallest absolute Gasteiger partial charge is 0.271 e. The second kappa shape index (κ2) is 9.14. The normalized spacial score (nSPS) is 18.2. The van der Waals surface area contributed by atoms with E-state index in [9.17, 15) is 18.0 Å². The summed E-state index contributed by atoms with van der Waals surface area (Å²) in [6.45, 7) is 0. The van der Waals surface area contributed by atoms with Crippen LogP contribution in [0.15, 0.2) is 47.4 Å². The molecule has 0 saturated heterocycles. The van der Waals surface area contributed by atoms with E-state index in [0.29, 0.717) is 18.4 Å². The quantitative estimate of drug-likeness (QED) is 0.420. The van der Waals surface area contributed by atoms with Crippen LogP contribution < -0.4 is 5.32 Å². The van der Waals surface area contributed by atoms with E-state index in [0.717, 1.165) is 49.5 Å². The Bertz CT molecular complexity index is 1540. The molecule has 0 atom stereocenters. The van der Waals surface area contributed by atoms with Gasteiger partial charge in [-0.25, -0.2) is 12.8 Å². The van der Waals surface area contributed by atoms with Gasteiger partial charge >= 0.3 is 0 Å². The topological polar surface area (TPSA) is 96.1 Å². The van der Waals surface area contributed by atoms with Gasteiger partial charge in [-0.2, -0.15) is 0 Å². The number of benzene rings is 2. The molecular formula is C29H29FN2O4S. The summed E-state index contributed by atoms with van der Waals surface area (Å²) in [6.07, 6.45) is 12.3. The van der Waals surface area contributed by atoms with Crippen molar-refractivity contribution in [1.29, 1.82) is 0 Å². The molecule has 37 heavy (non-hydrogen) atoms. The molecule has 8 heteroatoms. The van der Waals surface area contributed by atoms with Gasteiger partial charge in [-0.1, -0.05) is 43.4 Å². The van der Waals surface area contributed by atoms with Crippen molar-refractivity contribution < 1.29 is 22.4 Å². The lowest BCUT2D eigenvalue weighted by molar-refractivity contribution is -0.127. The number of aromatic nitrogens is 1. The molecule has 3 aromatic rings. The molecule has 2 aromatic carbocycles. The van der Waals surface area contributed by atoms with Crippen molar-refractivity contribution >= 4 is 32.4 Å². The van der Waals surface area contributed by atoms with Crippen LogP contribution in [0.2, 0.25) is 0 Å². The minimum Gasteiger partial charge on any atom is -0.348 e. The summed E-state index contributed by atoms with van der Waals surface area (Å²) >= 11 is 0. The van der Waals surface area contributed by atoms with Gasteiger partial charge in [0.2, 0.25) is 0 Å². The van der Waals surface area contributed by atoms with E-state index in [1.807, 2.05) is 0 Å². The maximum Gasteiger partial charge on any atom is 0.271 e. The SMILES string of the molecule is C#CC1(CC(=O)C2(NC(=O)c3[nH]c4cc(-c5ccc(S(C)(=O)=O)cc5)ccc4c3F)CCCCC2)CC1. The summed E-state index contributed by atoms with van der Waals surface area (Å²) in [6, 6.07) is 11.4. The van der Waals surface area contributed by atoms with Crippen LogP contribution in [0.4, 0.5) is 4.39 Å². The van der Waals surface area contributed by atoms with Crippen molar-refractivity contribution in [3.8, 4) is 23.5 Å². The lowest BCUT2D eigenvalue weighted by Crippen LogP contribution is -2.56. The number of hydrogen-bond acceptors (Lipinski definition) is 4. The first-order chi connectivity index (χ1) is 17.6. The van der Waals surface area contributed by atoms with Crippen molar-refractivity contribution in [3.63, 3.8) is 0 Å². The van der Waals surface area contributed by atoms with Crippen molar-refractivity contribution in [2.24, 2.45) is 5.41 Å². The van der Waals surface area contributed by atoms with Gasteiger partial charge in [-0.15, -0.1) is 6.42 Å². The fourth-order valence-corrected chi connectivity index (χ4v) is 5.93. The van der Waals surface area contributed by atoms with E-state index in [4.69, 9.17) is 6.42 Å². The molecule has 2 aliphatic rings. The number of H-pyrrole nitrogens is 1. The third-order valence-electron chi connectivity index (χ3n) is 7.83. The Labute approximate surface area is 216 Å².